The molecule has 4 rings (SSSR count). The zero-order valence-electron chi connectivity index (χ0n) is 23.0. The van der Waals surface area contributed by atoms with Gasteiger partial charge in [-0.15, -0.1) is 9.78 Å². The third kappa shape index (κ3) is 9.00. The number of benzene rings is 2. The number of H-pyrrole nitrogens is 1. The molecule has 0 radical (unpaired) electrons. The van der Waals surface area contributed by atoms with Gasteiger partial charge in [-0.3, -0.25) is 15.2 Å². The first-order valence-corrected chi connectivity index (χ1v) is 12.7. The quantitative estimate of drug-likeness (QED) is 0.113. The van der Waals surface area contributed by atoms with Gasteiger partial charge in [0.15, 0.2) is 0 Å². The molecule has 4 aromatic rings. The van der Waals surface area contributed by atoms with E-state index in [1.54, 1.807) is 37.7 Å². The summed E-state index contributed by atoms with van der Waals surface area (Å²) in [5.74, 6) is 0.652. The fourth-order valence-corrected chi connectivity index (χ4v) is 3.83. The van der Waals surface area contributed by atoms with Crippen LogP contribution in [0.2, 0.25) is 0 Å². The van der Waals surface area contributed by atoms with E-state index in [1.807, 2.05) is 37.3 Å². The standard InChI is InChI=1S/C26H29N7O4.C2H4O2/c1-3-36-20-14-19(15-21(16-20)37-12-11-35-2)22(13-17-5-7-18(8-6-17)23(27)28)24-31-26(34)33(32-24)25-29-9-4-10-30-25;1-2(3)4/h4-10,14-16,22H,3,11-13H2,1-2H3,(H3,27,28)(H,31,32,34);1H3,(H,3,4). The van der Waals surface area contributed by atoms with E-state index in [-0.39, 0.29) is 17.7 Å². The molecule has 13 heteroatoms. The van der Waals surface area contributed by atoms with Crippen molar-refractivity contribution < 1.29 is 24.1 Å². The summed E-state index contributed by atoms with van der Waals surface area (Å²) >= 11 is 0. The summed E-state index contributed by atoms with van der Waals surface area (Å²) < 4.78 is 17.9. The first-order valence-electron chi connectivity index (χ1n) is 12.7. The smallest absolute Gasteiger partial charge is 0.350 e. The molecule has 41 heavy (non-hydrogen) atoms. The molecule has 13 nitrogen and oxygen atoms in total. The lowest BCUT2D eigenvalue weighted by molar-refractivity contribution is -0.134. The maximum atomic E-state index is 12.8. The number of nitrogens with one attached hydrogen (secondary N) is 2. The van der Waals surface area contributed by atoms with Gasteiger partial charge >= 0.3 is 5.69 Å². The largest absolute Gasteiger partial charge is 0.494 e. The summed E-state index contributed by atoms with van der Waals surface area (Å²) in [6, 6.07) is 14.7. The molecule has 0 bridgehead atoms. The van der Waals surface area contributed by atoms with Crippen molar-refractivity contribution in [2.24, 2.45) is 5.73 Å². The minimum atomic E-state index is -0.833. The normalized spacial score (nSPS) is 11.2. The van der Waals surface area contributed by atoms with E-state index in [2.05, 4.69) is 20.1 Å². The second-order valence-electron chi connectivity index (χ2n) is 8.67. The van der Waals surface area contributed by atoms with Gasteiger partial charge in [0.25, 0.3) is 11.9 Å². The molecule has 0 amide bonds. The van der Waals surface area contributed by atoms with E-state index in [0.717, 1.165) is 22.7 Å². The maximum Gasteiger partial charge on any atom is 0.350 e. The van der Waals surface area contributed by atoms with Crippen molar-refractivity contribution in [1.29, 1.82) is 5.41 Å². The van der Waals surface area contributed by atoms with E-state index >= 15 is 0 Å². The number of carboxylic acid groups (broad SMARTS) is 1. The van der Waals surface area contributed by atoms with Crippen LogP contribution in [0.4, 0.5) is 0 Å². The first-order chi connectivity index (χ1) is 19.7. The Kier molecular flexibility index (Phi) is 11.1. The van der Waals surface area contributed by atoms with E-state index in [1.165, 1.54) is 0 Å². The van der Waals surface area contributed by atoms with E-state index in [9.17, 15) is 4.79 Å². The van der Waals surface area contributed by atoms with Gasteiger partial charge in [0.2, 0.25) is 0 Å². The van der Waals surface area contributed by atoms with Crippen molar-refractivity contribution in [1.82, 2.24) is 24.7 Å². The number of amidine groups is 1. The SMILES string of the molecule is CC(=O)O.CCOc1cc(OCCOC)cc(C(Cc2ccc(C(=N)N)cc2)c2nn(-c3ncccn3)c(=O)[nH]2)c1. The van der Waals surface area contributed by atoms with Gasteiger partial charge in [0, 0.05) is 44.0 Å². The van der Waals surface area contributed by atoms with Crippen molar-refractivity contribution in [3.05, 3.63) is 93.9 Å². The molecule has 5 N–H and O–H groups in total. The number of aromatic amines is 1. The Morgan fingerprint density at radius 2 is 1.73 bits per heavy atom. The van der Waals surface area contributed by atoms with E-state index in [4.69, 9.17) is 35.3 Å². The van der Waals surface area contributed by atoms with Crippen LogP contribution in [-0.4, -0.2) is 68.6 Å². The zero-order chi connectivity index (χ0) is 29.8. The van der Waals surface area contributed by atoms with Crippen LogP contribution < -0.4 is 20.9 Å². The summed E-state index contributed by atoms with van der Waals surface area (Å²) in [4.78, 5) is 33.0. The Labute approximate surface area is 236 Å². The third-order valence-corrected chi connectivity index (χ3v) is 5.58. The molecule has 1 unspecified atom stereocenters. The molecule has 2 heterocycles. The fraction of sp³-hybridized carbons (Fsp3) is 0.286. The molecule has 2 aromatic carbocycles. The topological polar surface area (TPSA) is 191 Å². The molecule has 1 atom stereocenters. The molecule has 0 aliphatic carbocycles. The number of hydrogen-bond donors (Lipinski definition) is 4. The highest BCUT2D eigenvalue weighted by Gasteiger charge is 2.23. The van der Waals surface area contributed by atoms with Crippen LogP contribution in [0.15, 0.2) is 65.7 Å². The highest BCUT2D eigenvalue weighted by atomic mass is 16.5. The number of nitrogen functional groups attached to an aromatic ring is 1. The second-order valence-corrected chi connectivity index (χ2v) is 8.67. The molecule has 0 saturated heterocycles. The number of ether oxygens (including phenoxy) is 3. The number of aliphatic carboxylic acids is 1. The van der Waals surface area contributed by atoms with Gasteiger partial charge in [0.1, 0.15) is 29.8 Å². The molecular formula is C28H33N7O6. The predicted molar refractivity (Wildman–Crippen MR) is 151 cm³/mol. The number of methoxy groups -OCH3 is 1. The molecule has 0 spiro atoms. The Morgan fingerprint density at radius 3 is 2.32 bits per heavy atom. The maximum absolute atomic E-state index is 12.8. The molecule has 2 aromatic heterocycles. The summed E-state index contributed by atoms with van der Waals surface area (Å²) in [5.41, 5.74) is 7.60. The number of nitrogens with two attached hydrogens (primary N) is 1. The Morgan fingerprint density at radius 1 is 1.10 bits per heavy atom. The number of rotatable bonds is 12. The molecule has 216 valence electrons. The van der Waals surface area contributed by atoms with Gasteiger partial charge in [-0.05, 0) is 42.7 Å². The van der Waals surface area contributed by atoms with Crippen LogP contribution in [0.3, 0.4) is 0 Å². The number of nitrogens with zero attached hydrogens (tertiary/aromatic N) is 4. The van der Waals surface area contributed by atoms with Crippen LogP contribution in [0, 0.1) is 5.41 Å². The van der Waals surface area contributed by atoms with Crippen molar-refractivity contribution in [2.75, 3.05) is 26.9 Å². The lowest BCUT2D eigenvalue weighted by Crippen LogP contribution is -2.18. The van der Waals surface area contributed by atoms with E-state index in [0.29, 0.717) is 49.1 Å². The molecule has 0 saturated carbocycles. The summed E-state index contributed by atoms with van der Waals surface area (Å²) in [5, 5.41) is 19.6. The van der Waals surface area contributed by atoms with Crippen molar-refractivity contribution in [3.8, 4) is 17.4 Å². The van der Waals surface area contributed by atoms with Crippen LogP contribution in [-0.2, 0) is 16.0 Å². The Bertz CT molecular complexity index is 1480. The predicted octanol–water partition coefficient (Wildman–Crippen LogP) is 2.52. The van der Waals surface area contributed by atoms with Gasteiger partial charge in [-0.25, -0.2) is 14.8 Å². The monoisotopic (exact) mass is 563 g/mol. The molecule has 0 aliphatic heterocycles. The van der Waals surface area contributed by atoms with Gasteiger partial charge < -0.3 is 25.1 Å². The molecule has 0 fully saturated rings. The highest BCUT2D eigenvalue weighted by molar-refractivity contribution is 5.94. The average Bonchev–Trinajstić information content (AvgIpc) is 3.33. The summed E-state index contributed by atoms with van der Waals surface area (Å²) in [6.07, 6.45) is 3.59. The minimum absolute atomic E-state index is 0.00343. The highest BCUT2D eigenvalue weighted by Crippen LogP contribution is 2.33. The van der Waals surface area contributed by atoms with E-state index < -0.39 is 11.7 Å². The van der Waals surface area contributed by atoms with Gasteiger partial charge in [0.05, 0.1) is 13.2 Å². The number of aromatic nitrogens is 5. The molecular weight excluding hydrogens is 530 g/mol. The second kappa shape index (κ2) is 14.9. The fourth-order valence-electron chi connectivity index (χ4n) is 3.83. The lowest BCUT2D eigenvalue weighted by Gasteiger charge is -2.18. The van der Waals surface area contributed by atoms with Gasteiger partial charge in [-0.2, -0.15) is 0 Å². The number of hydrogen-bond acceptors (Lipinski definition) is 9. The lowest BCUT2D eigenvalue weighted by atomic mass is 9.90. The molecule has 0 aliphatic rings. The number of carbonyl (C=O) groups is 1. The van der Waals surface area contributed by atoms with Crippen LogP contribution >= 0.6 is 0 Å². The number of carboxylic acids is 1. The van der Waals surface area contributed by atoms with Crippen LogP contribution in [0.1, 0.15) is 42.3 Å². The van der Waals surface area contributed by atoms with Gasteiger partial charge in [-0.1, -0.05) is 24.3 Å². The summed E-state index contributed by atoms with van der Waals surface area (Å²) in [6.45, 7) is 4.29. The minimum Gasteiger partial charge on any atom is -0.494 e. The van der Waals surface area contributed by atoms with Crippen molar-refractivity contribution in [3.63, 3.8) is 0 Å². The Balaban J connectivity index is 0.00000108. The summed E-state index contributed by atoms with van der Waals surface area (Å²) in [7, 11) is 1.61. The Hall–Kier alpha value is -5.04. The van der Waals surface area contributed by atoms with Crippen LogP contribution in [0.25, 0.3) is 5.95 Å². The van der Waals surface area contributed by atoms with Crippen molar-refractivity contribution in [2.45, 2.75) is 26.2 Å². The van der Waals surface area contributed by atoms with Crippen LogP contribution in [0.5, 0.6) is 11.5 Å². The average molecular weight is 564 g/mol. The third-order valence-electron chi connectivity index (χ3n) is 5.58. The van der Waals surface area contributed by atoms with Crippen molar-refractivity contribution >= 4 is 11.8 Å². The zero-order valence-corrected chi connectivity index (χ0v) is 23.0. The first kappa shape index (κ1) is 30.5.